The average molecular weight is 344 g/mol. The van der Waals surface area contributed by atoms with Gasteiger partial charge in [-0.2, -0.15) is 0 Å². The van der Waals surface area contributed by atoms with Gasteiger partial charge in [-0.3, -0.25) is 9.36 Å². The molecule has 2 rings (SSSR count). The van der Waals surface area contributed by atoms with Crippen molar-refractivity contribution in [3.05, 3.63) is 55.9 Å². The monoisotopic (exact) mass is 344 g/mol. The molecule has 7 heteroatoms. The molecule has 0 unspecified atom stereocenters. The van der Waals surface area contributed by atoms with E-state index in [1.54, 1.807) is 30.5 Å². The minimum Gasteiger partial charge on any atom is -0.497 e. The topological polar surface area (TPSA) is 60.2 Å². The molecular weight excluding hydrogens is 324 g/mol. The Morgan fingerprint density at radius 1 is 1.29 bits per heavy atom. The fourth-order valence-corrected chi connectivity index (χ4v) is 2.88. The molecular formula is C17H20N4O2S. The first-order chi connectivity index (χ1) is 11.7. The van der Waals surface area contributed by atoms with Crippen LogP contribution in [0.3, 0.4) is 0 Å². The van der Waals surface area contributed by atoms with Gasteiger partial charge in [0.2, 0.25) is 5.91 Å². The average Bonchev–Trinajstić information content (AvgIpc) is 3.08. The number of rotatable bonds is 9. The van der Waals surface area contributed by atoms with E-state index in [4.69, 9.17) is 4.74 Å². The van der Waals surface area contributed by atoms with Crippen LogP contribution in [0.15, 0.2) is 61.1 Å². The molecule has 1 aromatic carbocycles. The molecule has 0 fully saturated rings. The first-order valence-electron chi connectivity index (χ1n) is 7.36. The third-order valence-corrected chi connectivity index (χ3v) is 4.17. The molecule has 0 atom stereocenters. The number of amides is 1. The van der Waals surface area contributed by atoms with Crippen LogP contribution in [-0.4, -0.2) is 51.5 Å². The van der Waals surface area contributed by atoms with Crippen LogP contribution in [0.2, 0.25) is 0 Å². The molecule has 0 N–H and O–H groups in total. The molecule has 0 saturated carbocycles. The molecule has 1 heterocycles. The maximum atomic E-state index is 12.3. The summed E-state index contributed by atoms with van der Waals surface area (Å²) in [4.78, 5) is 14.0. The van der Waals surface area contributed by atoms with E-state index in [0.29, 0.717) is 18.2 Å². The number of hydrogen-bond acceptors (Lipinski definition) is 5. The zero-order chi connectivity index (χ0) is 17.4. The van der Waals surface area contributed by atoms with Gasteiger partial charge in [0, 0.05) is 18.8 Å². The minimum atomic E-state index is 0.00378. The van der Waals surface area contributed by atoms with Crippen molar-refractivity contribution < 1.29 is 9.53 Å². The van der Waals surface area contributed by atoms with Gasteiger partial charge in [-0.25, -0.2) is 0 Å². The second-order valence-electron chi connectivity index (χ2n) is 4.85. The number of benzene rings is 1. The maximum Gasteiger partial charge on any atom is 0.233 e. The quantitative estimate of drug-likeness (QED) is 0.517. The summed E-state index contributed by atoms with van der Waals surface area (Å²) in [6.45, 7) is 8.34. The van der Waals surface area contributed by atoms with Crippen LogP contribution in [0, 0.1) is 0 Å². The van der Waals surface area contributed by atoms with Crippen LogP contribution in [0.1, 0.15) is 0 Å². The van der Waals surface area contributed by atoms with E-state index in [-0.39, 0.29) is 11.7 Å². The van der Waals surface area contributed by atoms with E-state index in [0.717, 1.165) is 11.4 Å². The van der Waals surface area contributed by atoms with Crippen molar-refractivity contribution >= 4 is 17.7 Å². The van der Waals surface area contributed by atoms with Crippen LogP contribution in [0.4, 0.5) is 0 Å². The van der Waals surface area contributed by atoms with Gasteiger partial charge < -0.3 is 9.64 Å². The van der Waals surface area contributed by atoms with Crippen LogP contribution in [0.25, 0.3) is 5.69 Å². The summed E-state index contributed by atoms with van der Waals surface area (Å²) in [5, 5.41) is 8.69. The van der Waals surface area contributed by atoms with Crippen molar-refractivity contribution in [2.45, 2.75) is 5.16 Å². The van der Waals surface area contributed by atoms with Crippen LogP contribution < -0.4 is 4.74 Å². The predicted octanol–water partition coefficient (Wildman–Crippen LogP) is 2.57. The van der Waals surface area contributed by atoms with Crippen molar-refractivity contribution in [1.29, 1.82) is 0 Å². The lowest BCUT2D eigenvalue weighted by Crippen LogP contribution is -2.32. The third-order valence-electron chi connectivity index (χ3n) is 3.24. The molecule has 0 aliphatic rings. The highest BCUT2D eigenvalue weighted by molar-refractivity contribution is 7.99. The summed E-state index contributed by atoms with van der Waals surface area (Å²) in [5.41, 5.74) is 0.907. The molecule has 2 aromatic rings. The van der Waals surface area contributed by atoms with Gasteiger partial charge in [-0.1, -0.05) is 23.9 Å². The lowest BCUT2D eigenvalue weighted by molar-refractivity contribution is -0.127. The Morgan fingerprint density at radius 3 is 2.54 bits per heavy atom. The summed E-state index contributed by atoms with van der Waals surface area (Å²) >= 11 is 1.34. The maximum absolute atomic E-state index is 12.3. The normalized spacial score (nSPS) is 10.2. The van der Waals surface area contributed by atoms with E-state index < -0.39 is 0 Å². The Balaban J connectivity index is 2.05. The number of aromatic nitrogens is 3. The van der Waals surface area contributed by atoms with E-state index >= 15 is 0 Å². The standard InChI is InChI=1S/C17H20N4O2S/c1-4-10-20(11-5-2)16(22)12-24-17-19-18-13-21(17)14-6-8-15(23-3)9-7-14/h4-9,13H,1-2,10-12H2,3H3. The third kappa shape index (κ3) is 4.48. The molecule has 0 aliphatic carbocycles. The fourth-order valence-electron chi connectivity index (χ4n) is 2.05. The van der Waals surface area contributed by atoms with Gasteiger partial charge in [0.25, 0.3) is 0 Å². The van der Waals surface area contributed by atoms with Gasteiger partial charge in [0.1, 0.15) is 12.1 Å². The molecule has 126 valence electrons. The van der Waals surface area contributed by atoms with E-state index in [1.807, 2.05) is 28.8 Å². The molecule has 0 spiro atoms. The zero-order valence-corrected chi connectivity index (χ0v) is 14.4. The zero-order valence-electron chi connectivity index (χ0n) is 13.6. The summed E-state index contributed by atoms with van der Waals surface area (Å²) < 4.78 is 6.99. The number of methoxy groups -OCH3 is 1. The van der Waals surface area contributed by atoms with Gasteiger partial charge in [-0.05, 0) is 24.3 Å². The Morgan fingerprint density at radius 2 is 1.96 bits per heavy atom. The summed E-state index contributed by atoms with van der Waals surface area (Å²) in [5.74, 6) is 1.06. The SMILES string of the molecule is C=CCN(CC=C)C(=O)CSc1nncn1-c1ccc(OC)cc1. The second-order valence-corrected chi connectivity index (χ2v) is 5.79. The lowest BCUT2D eigenvalue weighted by Gasteiger charge is -2.18. The van der Waals surface area contributed by atoms with Gasteiger partial charge >= 0.3 is 0 Å². The highest BCUT2D eigenvalue weighted by atomic mass is 32.2. The number of ether oxygens (including phenoxy) is 1. The predicted molar refractivity (Wildman–Crippen MR) is 95.6 cm³/mol. The van der Waals surface area contributed by atoms with E-state index in [9.17, 15) is 4.79 Å². The first-order valence-corrected chi connectivity index (χ1v) is 8.35. The number of nitrogens with zero attached hydrogens (tertiary/aromatic N) is 4. The van der Waals surface area contributed by atoms with E-state index in [2.05, 4.69) is 23.4 Å². The number of hydrogen-bond donors (Lipinski definition) is 0. The molecule has 0 saturated heterocycles. The van der Waals surface area contributed by atoms with Crippen LogP contribution in [-0.2, 0) is 4.79 Å². The minimum absolute atomic E-state index is 0.00378. The lowest BCUT2D eigenvalue weighted by atomic mass is 10.3. The first kappa shape index (κ1) is 17.8. The van der Waals surface area contributed by atoms with Crippen LogP contribution in [0.5, 0.6) is 5.75 Å². The van der Waals surface area contributed by atoms with Crippen molar-refractivity contribution in [3.63, 3.8) is 0 Å². The number of thioether (sulfide) groups is 1. The summed E-state index contributed by atoms with van der Waals surface area (Å²) in [7, 11) is 1.62. The summed E-state index contributed by atoms with van der Waals surface area (Å²) in [6.07, 6.45) is 5.03. The molecule has 6 nitrogen and oxygen atoms in total. The Bertz CT molecular complexity index is 687. The van der Waals surface area contributed by atoms with Gasteiger partial charge in [0.05, 0.1) is 12.9 Å². The Kier molecular flexibility index (Phi) is 6.62. The fraction of sp³-hybridized carbons (Fsp3) is 0.235. The second kappa shape index (κ2) is 8.93. The number of carbonyl (C=O) groups is 1. The smallest absolute Gasteiger partial charge is 0.233 e. The summed E-state index contributed by atoms with van der Waals surface area (Å²) in [6, 6.07) is 7.56. The molecule has 0 aliphatic heterocycles. The Hall–Kier alpha value is -2.54. The molecule has 1 amide bonds. The number of carbonyl (C=O) groups excluding carboxylic acids is 1. The molecule has 24 heavy (non-hydrogen) atoms. The highest BCUT2D eigenvalue weighted by Gasteiger charge is 2.14. The Labute approximate surface area is 145 Å². The van der Waals surface area contributed by atoms with E-state index in [1.165, 1.54) is 11.8 Å². The van der Waals surface area contributed by atoms with Crippen LogP contribution >= 0.6 is 11.8 Å². The largest absolute Gasteiger partial charge is 0.497 e. The van der Waals surface area contributed by atoms with Crippen molar-refractivity contribution in [2.24, 2.45) is 0 Å². The highest BCUT2D eigenvalue weighted by Crippen LogP contribution is 2.21. The molecule has 1 aromatic heterocycles. The van der Waals surface area contributed by atoms with Crippen molar-refractivity contribution in [3.8, 4) is 11.4 Å². The van der Waals surface area contributed by atoms with Crippen molar-refractivity contribution in [2.75, 3.05) is 26.0 Å². The molecule has 0 radical (unpaired) electrons. The van der Waals surface area contributed by atoms with Gasteiger partial charge in [0.15, 0.2) is 5.16 Å². The van der Waals surface area contributed by atoms with Crippen molar-refractivity contribution in [1.82, 2.24) is 19.7 Å². The van der Waals surface area contributed by atoms with Gasteiger partial charge in [-0.15, -0.1) is 23.4 Å². The molecule has 0 bridgehead atoms.